The van der Waals surface area contributed by atoms with Crippen molar-refractivity contribution in [3.05, 3.63) is 92.9 Å². The number of thiophene rings is 1. The van der Waals surface area contributed by atoms with Crippen molar-refractivity contribution < 1.29 is 4.79 Å². The summed E-state index contributed by atoms with van der Waals surface area (Å²) in [6.45, 7) is 2.21. The van der Waals surface area contributed by atoms with Crippen LogP contribution in [0.3, 0.4) is 0 Å². The van der Waals surface area contributed by atoms with Gasteiger partial charge in [0.2, 0.25) is 5.91 Å². The standard InChI is InChI=1S/C22H19N3O3S/c1-2-23(16-9-5-3-6-10-16)19(26)15-24-18-13-14-29-20(18)21(27)25(22(24)28)17-11-7-4-8-12-17/h3-14H,2,15H2,1H3. The third-order valence-corrected chi connectivity index (χ3v) is 5.64. The summed E-state index contributed by atoms with van der Waals surface area (Å²) in [5, 5.41) is 1.76. The Morgan fingerprint density at radius 1 is 0.966 bits per heavy atom. The van der Waals surface area contributed by atoms with Gasteiger partial charge in [-0.2, -0.15) is 0 Å². The minimum atomic E-state index is -0.524. The molecule has 0 atom stereocenters. The number of fused-ring (bicyclic) bond motifs is 1. The fourth-order valence-electron chi connectivity index (χ4n) is 3.38. The Balaban J connectivity index is 1.84. The molecule has 0 aliphatic heterocycles. The fraction of sp³-hybridized carbons (Fsp3) is 0.136. The molecule has 4 aromatic rings. The first-order valence-corrected chi connectivity index (χ1v) is 10.1. The summed E-state index contributed by atoms with van der Waals surface area (Å²) in [5.74, 6) is -0.216. The Morgan fingerprint density at radius 2 is 1.62 bits per heavy atom. The van der Waals surface area contributed by atoms with E-state index in [0.717, 1.165) is 10.3 Å². The molecule has 0 unspecified atom stereocenters. The number of para-hydroxylation sites is 2. The van der Waals surface area contributed by atoms with Crippen LogP contribution in [0.1, 0.15) is 6.92 Å². The Labute approximate surface area is 170 Å². The smallest absolute Gasteiger partial charge is 0.311 e. The van der Waals surface area contributed by atoms with E-state index >= 15 is 0 Å². The Hall–Kier alpha value is -3.45. The molecule has 0 aliphatic rings. The molecule has 146 valence electrons. The summed E-state index contributed by atoms with van der Waals surface area (Å²) in [6, 6.07) is 19.8. The zero-order chi connectivity index (χ0) is 20.4. The monoisotopic (exact) mass is 405 g/mol. The van der Waals surface area contributed by atoms with Gasteiger partial charge in [-0.1, -0.05) is 36.4 Å². The molecule has 2 heterocycles. The summed E-state index contributed by atoms with van der Waals surface area (Å²) in [6.07, 6.45) is 0. The zero-order valence-corrected chi connectivity index (χ0v) is 16.6. The quantitative estimate of drug-likeness (QED) is 0.512. The molecule has 0 radical (unpaired) electrons. The number of aromatic nitrogens is 2. The van der Waals surface area contributed by atoms with Crippen LogP contribution in [-0.4, -0.2) is 21.6 Å². The average molecular weight is 405 g/mol. The van der Waals surface area contributed by atoms with Crippen LogP contribution in [0.4, 0.5) is 5.69 Å². The van der Waals surface area contributed by atoms with Gasteiger partial charge in [-0.3, -0.25) is 14.2 Å². The number of carbonyl (C=O) groups excluding carboxylic acids is 1. The Bertz CT molecular complexity index is 1270. The topological polar surface area (TPSA) is 64.3 Å². The van der Waals surface area contributed by atoms with Crippen LogP contribution in [0.5, 0.6) is 0 Å². The molecule has 0 bridgehead atoms. The van der Waals surface area contributed by atoms with Crippen LogP contribution in [0.25, 0.3) is 15.9 Å². The molecule has 0 spiro atoms. The minimum absolute atomic E-state index is 0.151. The van der Waals surface area contributed by atoms with Crippen LogP contribution < -0.4 is 16.1 Å². The normalized spacial score (nSPS) is 10.9. The van der Waals surface area contributed by atoms with Crippen LogP contribution in [0, 0.1) is 0 Å². The maximum atomic E-state index is 13.2. The van der Waals surface area contributed by atoms with Gasteiger partial charge in [0.25, 0.3) is 5.56 Å². The van der Waals surface area contributed by atoms with Crippen LogP contribution >= 0.6 is 11.3 Å². The minimum Gasteiger partial charge on any atom is -0.311 e. The molecule has 4 rings (SSSR count). The summed E-state index contributed by atoms with van der Waals surface area (Å²) in [4.78, 5) is 40.9. The van der Waals surface area contributed by atoms with Crippen molar-refractivity contribution in [2.45, 2.75) is 13.5 Å². The number of hydrogen-bond donors (Lipinski definition) is 0. The summed E-state index contributed by atoms with van der Waals surface area (Å²) >= 11 is 1.27. The van der Waals surface area contributed by atoms with Crippen molar-refractivity contribution in [1.29, 1.82) is 0 Å². The Morgan fingerprint density at radius 3 is 2.28 bits per heavy atom. The van der Waals surface area contributed by atoms with E-state index in [9.17, 15) is 14.4 Å². The van der Waals surface area contributed by atoms with Gasteiger partial charge >= 0.3 is 5.69 Å². The van der Waals surface area contributed by atoms with Gasteiger partial charge in [-0.15, -0.1) is 11.3 Å². The summed E-state index contributed by atoms with van der Waals surface area (Å²) in [7, 11) is 0. The molecular weight excluding hydrogens is 386 g/mol. The van der Waals surface area contributed by atoms with E-state index in [1.165, 1.54) is 15.9 Å². The lowest BCUT2D eigenvalue weighted by molar-refractivity contribution is -0.119. The van der Waals surface area contributed by atoms with Crippen LogP contribution in [-0.2, 0) is 11.3 Å². The molecule has 0 saturated carbocycles. The van der Waals surface area contributed by atoms with E-state index in [2.05, 4.69) is 0 Å². The molecule has 7 heteroatoms. The maximum Gasteiger partial charge on any atom is 0.336 e. The van der Waals surface area contributed by atoms with Crippen LogP contribution in [0.15, 0.2) is 81.7 Å². The first-order valence-electron chi connectivity index (χ1n) is 9.25. The number of likely N-dealkylation sites (N-methyl/N-ethyl adjacent to an activating group) is 1. The molecule has 1 amide bonds. The van der Waals surface area contributed by atoms with Gasteiger partial charge in [0.15, 0.2) is 0 Å². The number of rotatable bonds is 5. The van der Waals surface area contributed by atoms with Gasteiger partial charge in [-0.25, -0.2) is 9.36 Å². The molecule has 0 saturated heterocycles. The summed E-state index contributed by atoms with van der Waals surface area (Å²) < 4.78 is 2.96. The Kier molecular flexibility index (Phi) is 5.14. The van der Waals surface area contributed by atoms with Crippen molar-refractivity contribution in [3.8, 4) is 5.69 Å². The van der Waals surface area contributed by atoms with Gasteiger partial charge in [0, 0.05) is 12.2 Å². The molecule has 2 aromatic heterocycles. The second-order valence-electron chi connectivity index (χ2n) is 6.45. The highest BCUT2D eigenvalue weighted by atomic mass is 32.1. The van der Waals surface area contributed by atoms with E-state index < -0.39 is 5.69 Å². The molecule has 6 nitrogen and oxygen atoms in total. The number of carbonyl (C=O) groups is 1. The van der Waals surface area contributed by atoms with E-state index in [1.807, 2.05) is 43.3 Å². The molecule has 0 N–H and O–H groups in total. The molecule has 0 aliphatic carbocycles. The van der Waals surface area contributed by atoms with Gasteiger partial charge in [0.1, 0.15) is 11.2 Å². The number of hydrogen-bond acceptors (Lipinski definition) is 4. The van der Waals surface area contributed by atoms with Gasteiger partial charge < -0.3 is 4.90 Å². The highest BCUT2D eigenvalue weighted by molar-refractivity contribution is 7.17. The number of nitrogens with zero attached hydrogens (tertiary/aromatic N) is 3. The zero-order valence-electron chi connectivity index (χ0n) is 15.8. The predicted molar refractivity (Wildman–Crippen MR) is 116 cm³/mol. The van der Waals surface area contributed by atoms with Crippen molar-refractivity contribution in [1.82, 2.24) is 9.13 Å². The molecular formula is C22H19N3O3S. The predicted octanol–water partition coefficient (Wildman–Crippen LogP) is 3.27. The molecule has 29 heavy (non-hydrogen) atoms. The van der Waals surface area contributed by atoms with Crippen molar-refractivity contribution in [2.75, 3.05) is 11.4 Å². The van der Waals surface area contributed by atoms with E-state index in [1.54, 1.807) is 40.6 Å². The van der Waals surface area contributed by atoms with Crippen molar-refractivity contribution >= 4 is 33.1 Å². The van der Waals surface area contributed by atoms with Gasteiger partial charge in [0.05, 0.1) is 11.2 Å². The third-order valence-electron chi connectivity index (χ3n) is 4.75. The van der Waals surface area contributed by atoms with Crippen LogP contribution in [0.2, 0.25) is 0 Å². The van der Waals surface area contributed by atoms with Crippen molar-refractivity contribution in [3.63, 3.8) is 0 Å². The SMILES string of the molecule is CCN(C(=O)Cn1c(=O)n(-c2ccccc2)c(=O)c2sccc21)c1ccccc1. The van der Waals surface area contributed by atoms with E-state index in [0.29, 0.717) is 22.4 Å². The maximum absolute atomic E-state index is 13.2. The highest BCUT2D eigenvalue weighted by Crippen LogP contribution is 2.18. The number of anilines is 1. The lowest BCUT2D eigenvalue weighted by atomic mass is 10.2. The second-order valence-corrected chi connectivity index (χ2v) is 7.37. The fourth-order valence-corrected chi connectivity index (χ4v) is 4.20. The largest absolute Gasteiger partial charge is 0.336 e. The summed E-state index contributed by atoms with van der Waals surface area (Å²) in [5.41, 5.74) is 0.838. The van der Waals surface area contributed by atoms with Gasteiger partial charge in [-0.05, 0) is 42.6 Å². The molecule has 0 fully saturated rings. The lowest BCUT2D eigenvalue weighted by Crippen LogP contribution is -2.42. The first-order chi connectivity index (χ1) is 14.1. The second kappa shape index (κ2) is 7.89. The number of benzene rings is 2. The van der Waals surface area contributed by atoms with E-state index in [-0.39, 0.29) is 18.0 Å². The number of amides is 1. The molecule has 2 aromatic carbocycles. The van der Waals surface area contributed by atoms with E-state index in [4.69, 9.17) is 0 Å². The highest BCUT2D eigenvalue weighted by Gasteiger charge is 2.20. The van der Waals surface area contributed by atoms with Crippen molar-refractivity contribution in [2.24, 2.45) is 0 Å². The average Bonchev–Trinajstić information content (AvgIpc) is 3.24. The lowest BCUT2D eigenvalue weighted by Gasteiger charge is -2.22. The first kappa shape index (κ1) is 18.9. The third kappa shape index (κ3) is 3.40.